The zero-order valence-corrected chi connectivity index (χ0v) is 20.5. The van der Waals surface area contributed by atoms with Crippen molar-refractivity contribution in [2.24, 2.45) is 10.9 Å². The summed E-state index contributed by atoms with van der Waals surface area (Å²) in [6, 6.07) is 8.25. The maximum Gasteiger partial charge on any atom is 0.191 e. The molecule has 2 aromatic rings. The molecule has 7 nitrogen and oxygen atoms in total. The van der Waals surface area contributed by atoms with Gasteiger partial charge < -0.3 is 20.1 Å². The molecule has 0 saturated carbocycles. The summed E-state index contributed by atoms with van der Waals surface area (Å²) >= 11 is 0. The molecule has 0 amide bonds. The van der Waals surface area contributed by atoms with Crippen LogP contribution in [0.15, 0.2) is 41.7 Å². The third-order valence-corrected chi connectivity index (χ3v) is 4.83. The van der Waals surface area contributed by atoms with E-state index in [9.17, 15) is 0 Å². The number of ether oxygens (including phenoxy) is 2. The third-order valence-electron chi connectivity index (χ3n) is 4.83. The van der Waals surface area contributed by atoms with Gasteiger partial charge >= 0.3 is 0 Å². The van der Waals surface area contributed by atoms with E-state index in [-0.39, 0.29) is 30.1 Å². The molecule has 1 aliphatic rings. The Morgan fingerprint density at radius 2 is 2.27 bits per heavy atom. The number of hydrogen-bond acceptors (Lipinski definition) is 4. The van der Waals surface area contributed by atoms with Gasteiger partial charge in [0.05, 0.1) is 19.8 Å². The van der Waals surface area contributed by atoms with Crippen LogP contribution in [0.4, 0.5) is 0 Å². The molecule has 2 N–H and O–H groups in total. The van der Waals surface area contributed by atoms with Crippen molar-refractivity contribution < 1.29 is 9.47 Å². The molecular weight excluding hydrogens is 493 g/mol. The summed E-state index contributed by atoms with van der Waals surface area (Å²) in [6.07, 6.45) is 4.87. The lowest BCUT2D eigenvalue weighted by atomic mass is 10.1. The lowest BCUT2D eigenvalue weighted by molar-refractivity contribution is 0.140. The first-order valence-electron chi connectivity index (χ1n) is 10.5. The second-order valence-electron chi connectivity index (χ2n) is 7.62. The van der Waals surface area contributed by atoms with Gasteiger partial charge in [-0.1, -0.05) is 19.1 Å². The molecule has 0 radical (unpaired) electrons. The van der Waals surface area contributed by atoms with Gasteiger partial charge in [-0.25, -0.2) is 4.99 Å². The van der Waals surface area contributed by atoms with Gasteiger partial charge in [0.25, 0.3) is 0 Å². The Kier molecular flexibility index (Phi) is 10.4. The molecule has 8 heteroatoms. The number of nitrogens with one attached hydrogen (secondary N) is 2. The molecule has 2 heterocycles. The van der Waals surface area contributed by atoms with Crippen molar-refractivity contribution in [1.82, 2.24) is 20.4 Å². The van der Waals surface area contributed by atoms with E-state index >= 15 is 0 Å². The molecular formula is C22H34IN5O2. The number of guanidine groups is 1. The van der Waals surface area contributed by atoms with E-state index in [1.165, 1.54) is 5.56 Å². The Morgan fingerprint density at radius 3 is 2.97 bits per heavy atom. The summed E-state index contributed by atoms with van der Waals surface area (Å²) in [7, 11) is 0. The third kappa shape index (κ3) is 7.79. The van der Waals surface area contributed by atoms with E-state index < -0.39 is 0 Å². The predicted molar refractivity (Wildman–Crippen MR) is 131 cm³/mol. The second-order valence-corrected chi connectivity index (χ2v) is 7.62. The van der Waals surface area contributed by atoms with Crippen LogP contribution in [0.5, 0.6) is 5.75 Å². The van der Waals surface area contributed by atoms with E-state index in [4.69, 9.17) is 14.5 Å². The zero-order valence-electron chi connectivity index (χ0n) is 18.1. The lowest BCUT2D eigenvalue weighted by Gasteiger charge is -2.17. The number of hydrogen-bond donors (Lipinski definition) is 2. The van der Waals surface area contributed by atoms with Gasteiger partial charge in [0, 0.05) is 44.0 Å². The van der Waals surface area contributed by atoms with E-state index in [1.54, 1.807) is 0 Å². The van der Waals surface area contributed by atoms with Crippen LogP contribution in [0.1, 0.15) is 31.4 Å². The summed E-state index contributed by atoms with van der Waals surface area (Å²) in [6.45, 7) is 10.9. The van der Waals surface area contributed by atoms with Crippen molar-refractivity contribution in [3.05, 3.63) is 47.8 Å². The quantitative estimate of drug-likeness (QED) is 0.297. The molecule has 30 heavy (non-hydrogen) atoms. The molecule has 0 bridgehead atoms. The fraction of sp³-hybridized carbons (Fsp3) is 0.545. The first kappa shape index (κ1) is 24.5. The summed E-state index contributed by atoms with van der Waals surface area (Å²) in [5, 5.41) is 11.0. The molecule has 1 fully saturated rings. The topological polar surface area (TPSA) is 72.7 Å². The Morgan fingerprint density at radius 1 is 1.40 bits per heavy atom. The predicted octanol–water partition coefficient (Wildman–Crippen LogP) is 3.37. The summed E-state index contributed by atoms with van der Waals surface area (Å²) in [5.74, 6) is 2.15. The normalized spacial score (nSPS) is 17.3. The molecule has 1 aliphatic heterocycles. The maximum absolute atomic E-state index is 6.19. The number of benzene rings is 1. The molecule has 3 rings (SSSR count). The molecule has 2 unspecified atom stereocenters. The summed E-state index contributed by atoms with van der Waals surface area (Å²) < 4.78 is 13.6. The standard InChI is InChI=1S/C22H33N5O2.HI/c1-4-23-22(24-13-18(3)15-27-10-5-9-26-27)25-14-19-7-6-17(2)12-21(19)29-20-8-11-28-16-20;/h5-7,9-10,12,18,20H,4,8,11,13-16H2,1-3H3,(H2,23,24,25);1H. The van der Waals surface area contributed by atoms with E-state index in [2.05, 4.69) is 54.7 Å². The Labute approximate surface area is 196 Å². The number of nitrogens with zero attached hydrogens (tertiary/aromatic N) is 3. The number of rotatable bonds is 9. The smallest absolute Gasteiger partial charge is 0.191 e. The highest BCUT2D eigenvalue weighted by Crippen LogP contribution is 2.24. The highest BCUT2D eigenvalue weighted by molar-refractivity contribution is 14.0. The molecule has 1 saturated heterocycles. The molecule has 166 valence electrons. The molecule has 2 atom stereocenters. The van der Waals surface area contributed by atoms with Crippen molar-refractivity contribution >= 4 is 29.9 Å². The number of aliphatic imine (C=N–C) groups is 1. The van der Waals surface area contributed by atoms with Crippen molar-refractivity contribution in [1.29, 1.82) is 0 Å². The zero-order chi connectivity index (χ0) is 20.5. The Hall–Kier alpha value is -1.81. The van der Waals surface area contributed by atoms with E-state index in [1.807, 2.05) is 23.1 Å². The number of aromatic nitrogens is 2. The molecule has 1 aromatic heterocycles. The average molecular weight is 527 g/mol. The molecule has 0 spiro atoms. The average Bonchev–Trinajstić information content (AvgIpc) is 3.39. The van der Waals surface area contributed by atoms with Crippen LogP contribution in [-0.4, -0.2) is 48.1 Å². The number of aryl methyl sites for hydroxylation is 1. The van der Waals surface area contributed by atoms with Gasteiger partial charge in [0.2, 0.25) is 0 Å². The van der Waals surface area contributed by atoms with Gasteiger partial charge in [-0.05, 0) is 37.5 Å². The van der Waals surface area contributed by atoms with Gasteiger partial charge in [-0.3, -0.25) is 4.68 Å². The van der Waals surface area contributed by atoms with E-state index in [0.29, 0.717) is 19.1 Å². The lowest BCUT2D eigenvalue weighted by Crippen LogP contribution is -2.40. The van der Waals surface area contributed by atoms with Crippen molar-refractivity contribution in [3.63, 3.8) is 0 Å². The molecule has 1 aromatic carbocycles. The highest BCUT2D eigenvalue weighted by Gasteiger charge is 2.18. The van der Waals surface area contributed by atoms with Crippen molar-refractivity contribution in [2.45, 2.75) is 46.4 Å². The minimum Gasteiger partial charge on any atom is -0.488 e. The van der Waals surface area contributed by atoms with Crippen LogP contribution in [0.2, 0.25) is 0 Å². The van der Waals surface area contributed by atoms with Crippen LogP contribution in [0, 0.1) is 12.8 Å². The van der Waals surface area contributed by atoms with Crippen LogP contribution >= 0.6 is 24.0 Å². The largest absolute Gasteiger partial charge is 0.488 e. The maximum atomic E-state index is 6.19. The second kappa shape index (κ2) is 12.8. The van der Waals surface area contributed by atoms with Crippen LogP contribution in [0.3, 0.4) is 0 Å². The van der Waals surface area contributed by atoms with Crippen molar-refractivity contribution in [3.8, 4) is 5.75 Å². The fourth-order valence-electron chi connectivity index (χ4n) is 3.26. The fourth-order valence-corrected chi connectivity index (χ4v) is 3.26. The summed E-state index contributed by atoms with van der Waals surface area (Å²) in [5.41, 5.74) is 2.27. The monoisotopic (exact) mass is 527 g/mol. The molecule has 0 aliphatic carbocycles. The highest BCUT2D eigenvalue weighted by atomic mass is 127. The summed E-state index contributed by atoms with van der Waals surface area (Å²) in [4.78, 5) is 4.78. The van der Waals surface area contributed by atoms with Gasteiger partial charge in [-0.15, -0.1) is 24.0 Å². The van der Waals surface area contributed by atoms with E-state index in [0.717, 1.165) is 49.9 Å². The van der Waals surface area contributed by atoms with Crippen LogP contribution in [-0.2, 0) is 17.8 Å². The Bertz CT molecular complexity index is 776. The first-order chi connectivity index (χ1) is 14.1. The first-order valence-corrected chi connectivity index (χ1v) is 10.5. The van der Waals surface area contributed by atoms with Crippen molar-refractivity contribution in [2.75, 3.05) is 26.3 Å². The minimum absolute atomic E-state index is 0. The van der Waals surface area contributed by atoms with Gasteiger partial charge in [0.1, 0.15) is 11.9 Å². The SMILES string of the molecule is CCNC(=NCc1ccc(C)cc1OC1CCOC1)NCC(C)Cn1cccn1.I. The van der Waals surface area contributed by atoms with Crippen LogP contribution in [0.25, 0.3) is 0 Å². The van der Waals surface area contributed by atoms with Gasteiger partial charge in [0.15, 0.2) is 5.96 Å². The van der Waals surface area contributed by atoms with Crippen LogP contribution < -0.4 is 15.4 Å². The number of halogens is 1. The minimum atomic E-state index is 0. The van der Waals surface area contributed by atoms with Gasteiger partial charge in [-0.2, -0.15) is 5.10 Å². The Balaban J connectivity index is 0.00000320.